The Balaban J connectivity index is 2.56. The van der Waals surface area contributed by atoms with Crippen LogP contribution >= 0.6 is 0 Å². The number of rotatable bonds is 2. The molecule has 1 aliphatic heterocycles. The van der Waals surface area contributed by atoms with E-state index in [1.54, 1.807) is 13.0 Å². The molecule has 4 nitrogen and oxygen atoms in total. The first-order valence-corrected chi connectivity index (χ1v) is 3.54. The minimum Gasteiger partial charge on any atom is -0.461 e. The molecular formula is C7H10N2O2. The number of carbonyl (C=O) groups excluding carboxylic acids is 1. The summed E-state index contributed by atoms with van der Waals surface area (Å²) in [4.78, 5) is 10.9. The molecule has 1 unspecified atom stereocenters. The minimum absolute atomic E-state index is 0.00871. The van der Waals surface area contributed by atoms with E-state index in [1.807, 2.05) is 6.92 Å². The smallest absolute Gasteiger partial charge is 0.358 e. The third kappa shape index (κ3) is 1.86. The van der Waals surface area contributed by atoms with Crippen LogP contribution in [0.5, 0.6) is 0 Å². The van der Waals surface area contributed by atoms with Gasteiger partial charge in [-0.1, -0.05) is 0 Å². The first kappa shape index (κ1) is 7.91. The van der Waals surface area contributed by atoms with Gasteiger partial charge in [0.1, 0.15) is 0 Å². The zero-order valence-corrected chi connectivity index (χ0v) is 6.57. The fourth-order valence-corrected chi connectivity index (χ4v) is 0.762. The summed E-state index contributed by atoms with van der Waals surface area (Å²) in [7, 11) is 0. The molecule has 0 saturated carbocycles. The molecule has 0 radical (unpaired) electrons. The number of carbonyl (C=O) groups is 1. The fraction of sp³-hybridized carbons (Fsp3) is 0.571. The van der Waals surface area contributed by atoms with E-state index in [2.05, 4.69) is 10.2 Å². The standard InChI is InChI=1S/C7H10N2O2/c1-3-11-7(10)6-4-5(2)8-9-6/h4-5H,3H2,1-2H3. The minimum atomic E-state index is -0.388. The van der Waals surface area contributed by atoms with Crippen LogP contribution in [0, 0.1) is 0 Å². The third-order valence-electron chi connectivity index (χ3n) is 1.23. The van der Waals surface area contributed by atoms with Gasteiger partial charge in [-0.15, -0.1) is 5.11 Å². The number of hydrogen-bond acceptors (Lipinski definition) is 4. The highest BCUT2D eigenvalue weighted by atomic mass is 16.5. The van der Waals surface area contributed by atoms with E-state index < -0.39 is 0 Å². The average molecular weight is 154 g/mol. The molecule has 0 bridgehead atoms. The maximum absolute atomic E-state index is 10.9. The van der Waals surface area contributed by atoms with E-state index in [0.29, 0.717) is 12.3 Å². The lowest BCUT2D eigenvalue weighted by molar-refractivity contribution is -0.138. The zero-order valence-electron chi connectivity index (χ0n) is 6.57. The summed E-state index contributed by atoms with van der Waals surface area (Å²) in [6, 6.07) is 0.00871. The molecule has 1 rings (SSSR count). The molecule has 0 N–H and O–H groups in total. The Morgan fingerprint density at radius 1 is 1.82 bits per heavy atom. The Morgan fingerprint density at radius 2 is 2.55 bits per heavy atom. The molecule has 1 heterocycles. The van der Waals surface area contributed by atoms with Crippen LogP contribution in [0.4, 0.5) is 0 Å². The molecule has 0 aromatic carbocycles. The highest BCUT2D eigenvalue weighted by molar-refractivity contribution is 5.88. The maximum atomic E-state index is 10.9. The van der Waals surface area contributed by atoms with Crippen LogP contribution in [0.15, 0.2) is 22.0 Å². The second-order valence-corrected chi connectivity index (χ2v) is 2.23. The summed E-state index contributed by atoms with van der Waals surface area (Å²) in [5, 5.41) is 7.40. The van der Waals surface area contributed by atoms with Crippen LogP contribution in [0.1, 0.15) is 13.8 Å². The Labute approximate surface area is 65.0 Å². The van der Waals surface area contributed by atoms with Crippen LogP contribution in [-0.2, 0) is 9.53 Å². The number of ether oxygens (including phenoxy) is 1. The van der Waals surface area contributed by atoms with E-state index in [4.69, 9.17) is 4.74 Å². The molecule has 0 spiro atoms. The summed E-state index contributed by atoms with van der Waals surface area (Å²) in [6.07, 6.45) is 1.68. The van der Waals surface area contributed by atoms with Gasteiger partial charge in [-0.2, -0.15) is 5.11 Å². The van der Waals surface area contributed by atoms with Crippen LogP contribution in [0.2, 0.25) is 0 Å². The molecule has 0 fully saturated rings. The van der Waals surface area contributed by atoms with Gasteiger partial charge in [0.25, 0.3) is 0 Å². The van der Waals surface area contributed by atoms with Crippen molar-refractivity contribution < 1.29 is 9.53 Å². The van der Waals surface area contributed by atoms with Crippen molar-refractivity contribution in [2.45, 2.75) is 19.9 Å². The van der Waals surface area contributed by atoms with Crippen molar-refractivity contribution in [3.63, 3.8) is 0 Å². The van der Waals surface area contributed by atoms with Crippen LogP contribution < -0.4 is 0 Å². The third-order valence-corrected chi connectivity index (χ3v) is 1.23. The lowest BCUT2D eigenvalue weighted by atomic mass is 10.3. The number of esters is 1. The van der Waals surface area contributed by atoms with Crippen molar-refractivity contribution in [2.75, 3.05) is 6.61 Å². The molecule has 0 aromatic rings. The fourth-order valence-electron chi connectivity index (χ4n) is 0.762. The van der Waals surface area contributed by atoms with Gasteiger partial charge in [-0.25, -0.2) is 4.79 Å². The molecule has 0 aromatic heterocycles. The van der Waals surface area contributed by atoms with E-state index >= 15 is 0 Å². The predicted molar refractivity (Wildman–Crippen MR) is 39.0 cm³/mol. The first-order valence-electron chi connectivity index (χ1n) is 3.54. The second kappa shape index (κ2) is 3.27. The van der Waals surface area contributed by atoms with E-state index in [-0.39, 0.29) is 12.0 Å². The Kier molecular flexibility index (Phi) is 2.36. The molecule has 11 heavy (non-hydrogen) atoms. The van der Waals surface area contributed by atoms with Gasteiger partial charge in [-0.05, 0) is 19.9 Å². The zero-order chi connectivity index (χ0) is 8.27. The summed E-state index contributed by atoms with van der Waals surface area (Å²) in [5.41, 5.74) is 0.319. The molecule has 0 saturated heterocycles. The number of hydrogen-bond donors (Lipinski definition) is 0. The summed E-state index contributed by atoms with van der Waals surface area (Å²) < 4.78 is 4.71. The van der Waals surface area contributed by atoms with Crippen molar-refractivity contribution in [3.05, 3.63) is 11.8 Å². The van der Waals surface area contributed by atoms with Gasteiger partial charge in [0.05, 0.1) is 12.6 Å². The number of azo groups is 1. The molecule has 4 heteroatoms. The predicted octanol–water partition coefficient (Wildman–Crippen LogP) is 1.29. The van der Waals surface area contributed by atoms with Crippen molar-refractivity contribution in [2.24, 2.45) is 10.2 Å². The van der Waals surface area contributed by atoms with Gasteiger partial charge >= 0.3 is 5.97 Å². The van der Waals surface area contributed by atoms with Crippen molar-refractivity contribution >= 4 is 5.97 Å². The SMILES string of the molecule is CCOC(=O)C1=CC(C)N=N1. The highest BCUT2D eigenvalue weighted by Gasteiger charge is 2.15. The van der Waals surface area contributed by atoms with Crippen LogP contribution in [-0.4, -0.2) is 18.6 Å². The Morgan fingerprint density at radius 3 is 3.00 bits per heavy atom. The van der Waals surface area contributed by atoms with E-state index in [0.717, 1.165) is 0 Å². The molecule has 1 aliphatic rings. The summed E-state index contributed by atoms with van der Waals surface area (Å²) in [5.74, 6) is -0.388. The van der Waals surface area contributed by atoms with Gasteiger partial charge in [-0.3, -0.25) is 0 Å². The normalized spacial score (nSPS) is 21.6. The summed E-state index contributed by atoms with van der Waals surface area (Å²) in [6.45, 7) is 3.99. The lowest BCUT2D eigenvalue weighted by Crippen LogP contribution is -2.04. The monoisotopic (exact) mass is 154 g/mol. The topological polar surface area (TPSA) is 51.0 Å². The van der Waals surface area contributed by atoms with E-state index in [1.165, 1.54) is 0 Å². The lowest BCUT2D eigenvalue weighted by Gasteiger charge is -1.96. The van der Waals surface area contributed by atoms with Gasteiger partial charge in [0.15, 0.2) is 5.70 Å². The Hall–Kier alpha value is -1.19. The highest BCUT2D eigenvalue weighted by Crippen LogP contribution is 2.12. The van der Waals surface area contributed by atoms with Crippen LogP contribution in [0.25, 0.3) is 0 Å². The van der Waals surface area contributed by atoms with Gasteiger partial charge < -0.3 is 4.74 Å². The molecule has 60 valence electrons. The van der Waals surface area contributed by atoms with Crippen molar-refractivity contribution in [1.82, 2.24) is 0 Å². The maximum Gasteiger partial charge on any atom is 0.358 e. The molecule has 0 aliphatic carbocycles. The Bertz CT molecular complexity index is 220. The quantitative estimate of drug-likeness (QED) is 0.562. The second-order valence-electron chi connectivity index (χ2n) is 2.23. The number of nitrogens with zero attached hydrogens (tertiary/aromatic N) is 2. The van der Waals surface area contributed by atoms with E-state index in [9.17, 15) is 4.79 Å². The average Bonchev–Trinajstić information content (AvgIpc) is 2.36. The molecule has 1 atom stereocenters. The molecular weight excluding hydrogens is 144 g/mol. The van der Waals surface area contributed by atoms with Crippen LogP contribution in [0.3, 0.4) is 0 Å². The van der Waals surface area contributed by atoms with Gasteiger partial charge in [0, 0.05) is 0 Å². The van der Waals surface area contributed by atoms with Gasteiger partial charge in [0.2, 0.25) is 0 Å². The van der Waals surface area contributed by atoms with Crippen molar-refractivity contribution in [3.8, 4) is 0 Å². The summed E-state index contributed by atoms with van der Waals surface area (Å²) >= 11 is 0. The van der Waals surface area contributed by atoms with Crippen molar-refractivity contribution in [1.29, 1.82) is 0 Å². The first-order chi connectivity index (χ1) is 5.24. The molecule has 0 amide bonds. The largest absolute Gasteiger partial charge is 0.461 e.